The monoisotopic (exact) mass is 311 g/mol. The van der Waals surface area contributed by atoms with Crippen LogP contribution in [-0.2, 0) is 11.3 Å². The summed E-state index contributed by atoms with van der Waals surface area (Å²) in [4.78, 5) is 21.9. The van der Waals surface area contributed by atoms with E-state index in [9.17, 15) is 4.79 Å². The minimum Gasteiger partial charge on any atom is -0.371 e. The number of rotatable bonds is 5. The molecule has 6 nitrogen and oxygen atoms in total. The topological polar surface area (TPSA) is 84.1 Å². The van der Waals surface area contributed by atoms with Crippen molar-refractivity contribution < 1.29 is 4.79 Å². The van der Waals surface area contributed by atoms with Crippen LogP contribution in [0.3, 0.4) is 0 Å². The second-order valence-corrected chi connectivity index (χ2v) is 5.78. The molecule has 1 aromatic carbocycles. The van der Waals surface area contributed by atoms with Gasteiger partial charge in [-0.05, 0) is 36.6 Å². The zero-order valence-electron chi connectivity index (χ0n) is 13.0. The van der Waals surface area contributed by atoms with Gasteiger partial charge in [-0.25, -0.2) is 9.97 Å². The number of hydrogen-bond donors (Lipinski definition) is 2. The van der Waals surface area contributed by atoms with Crippen LogP contribution in [-0.4, -0.2) is 29.0 Å². The number of aromatic nitrogens is 2. The second kappa shape index (κ2) is 7.09. The molecule has 0 radical (unpaired) electrons. The van der Waals surface area contributed by atoms with Crippen molar-refractivity contribution in [1.82, 2.24) is 9.97 Å². The highest BCUT2D eigenvalue weighted by atomic mass is 16.1. The molecule has 1 saturated heterocycles. The lowest BCUT2D eigenvalue weighted by Gasteiger charge is -2.33. The summed E-state index contributed by atoms with van der Waals surface area (Å²) in [6.07, 6.45) is 5.32. The van der Waals surface area contributed by atoms with E-state index in [-0.39, 0.29) is 11.8 Å². The van der Waals surface area contributed by atoms with Crippen molar-refractivity contribution in [2.75, 3.05) is 23.3 Å². The maximum atomic E-state index is 11.4. The molecule has 0 aliphatic carbocycles. The Hall–Kier alpha value is -2.63. The molecule has 0 bridgehead atoms. The van der Waals surface area contributed by atoms with Crippen LogP contribution in [0.2, 0.25) is 0 Å². The molecular weight excluding hydrogens is 290 g/mol. The molecule has 1 aliphatic rings. The smallest absolute Gasteiger partial charge is 0.222 e. The minimum absolute atomic E-state index is 0.0414. The number of nitrogens with zero attached hydrogens (tertiary/aromatic N) is 3. The van der Waals surface area contributed by atoms with E-state index in [2.05, 4.69) is 44.5 Å². The van der Waals surface area contributed by atoms with Crippen LogP contribution in [0.5, 0.6) is 0 Å². The van der Waals surface area contributed by atoms with Crippen molar-refractivity contribution in [2.24, 2.45) is 11.7 Å². The van der Waals surface area contributed by atoms with E-state index in [1.165, 1.54) is 0 Å². The molecular formula is C17H21N5O. The van der Waals surface area contributed by atoms with Crippen LogP contribution in [0, 0.1) is 5.92 Å². The second-order valence-electron chi connectivity index (χ2n) is 5.78. The molecule has 2 aromatic rings. The number of benzene rings is 1. The molecule has 0 spiro atoms. The lowest BCUT2D eigenvalue weighted by molar-refractivity contribution is -0.122. The Morgan fingerprint density at radius 1 is 1.26 bits per heavy atom. The van der Waals surface area contributed by atoms with Gasteiger partial charge in [-0.3, -0.25) is 4.79 Å². The molecule has 23 heavy (non-hydrogen) atoms. The molecule has 1 aromatic heterocycles. The van der Waals surface area contributed by atoms with Crippen molar-refractivity contribution in [2.45, 2.75) is 19.4 Å². The Kier molecular flexibility index (Phi) is 4.71. The van der Waals surface area contributed by atoms with Crippen LogP contribution in [0.1, 0.15) is 18.4 Å². The largest absolute Gasteiger partial charge is 0.371 e. The molecule has 1 fully saturated rings. The zero-order chi connectivity index (χ0) is 16.1. The zero-order valence-corrected chi connectivity index (χ0v) is 13.0. The van der Waals surface area contributed by atoms with Gasteiger partial charge in [-0.15, -0.1) is 0 Å². The first-order valence-electron chi connectivity index (χ1n) is 7.86. The molecule has 2 heterocycles. The Morgan fingerprint density at radius 2 is 2.00 bits per heavy atom. The molecule has 3 N–H and O–H groups in total. The molecule has 1 atom stereocenters. The normalized spacial score (nSPS) is 17.7. The highest BCUT2D eigenvalue weighted by Crippen LogP contribution is 2.23. The van der Waals surface area contributed by atoms with Gasteiger partial charge in [-0.1, -0.05) is 12.1 Å². The molecule has 1 aliphatic heterocycles. The average molecular weight is 311 g/mol. The maximum Gasteiger partial charge on any atom is 0.222 e. The summed E-state index contributed by atoms with van der Waals surface area (Å²) in [5.41, 5.74) is 7.73. The predicted molar refractivity (Wildman–Crippen MR) is 89.9 cm³/mol. The molecule has 120 valence electrons. The number of primary amides is 1. The van der Waals surface area contributed by atoms with Crippen LogP contribution in [0.25, 0.3) is 0 Å². The van der Waals surface area contributed by atoms with Gasteiger partial charge in [0.2, 0.25) is 11.9 Å². The summed E-state index contributed by atoms with van der Waals surface area (Å²) in [5, 5.41) is 3.18. The van der Waals surface area contributed by atoms with Crippen molar-refractivity contribution >= 4 is 17.5 Å². The summed E-state index contributed by atoms with van der Waals surface area (Å²) < 4.78 is 0. The summed E-state index contributed by atoms with van der Waals surface area (Å²) >= 11 is 0. The van der Waals surface area contributed by atoms with Crippen molar-refractivity contribution in [3.63, 3.8) is 0 Å². The third kappa shape index (κ3) is 3.97. The van der Waals surface area contributed by atoms with Crippen LogP contribution in [0.15, 0.2) is 42.7 Å². The summed E-state index contributed by atoms with van der Waals surface area (Å²) in [7, 11) is 0. The number of carbonyl (C=O) groups excluding carboxylic acids is 1. The van der Waals surface area contributed by atoms with E-state index < -0.39 is 0 Å². The lowest BCUT2D eigenvalue weighted by Crippen LogP contribution is -2.41. The minimum atomic E-state index is -0.196. The van der Waals surface area contributed by atoms with E-state index >= 15 is 0 Å². The lowest BCUT2D eigenvalue weighted by atomic mass is 9.97. The number of carbonyl (C=O) groups is 1. The third-order valence-corrected chi connectivity index (χ3v) is 4.14. The van der Waals surface area contributed by atoms with E-state index in [1.54, 1.807) is 18.5 Å². The number of nitrogens with two attached hydrogens (primary N) is 1. The SMILES string of the molecule is NC(=O)[C@@H]1CCCN(c2ccc(CNc3ncccn3)cc2)C1. The first-order chi connectivity index (χ1) is 11.2. The van der Waals surface area contributed by atoms with Crippen molar-refractivity contribution in [3.05, 3.63) is 48.3 Å². The Bertz CT molecular complexity index is 644. The molecule has 6 heteroatoms. The number of amides is 1. The number of hydrogen-bond acceptors (Lipinski definition) is 5. The predicted octanol–water partition coefficient (Wildman–Crippen LogP) is 1.79. The van der Waals surface area contributed by atoms with Gasteiger partial charge in [-0.2, -0.15) is 0 Å². The van der Waals surface area contributed by atoms with Gasteiger partial charge in [0.1, 0.15) is 0 Å². The first-order valence-corrected chi connectivity index (χ1v) is 7.86. The van der Waals surface area contributed by atoms with Gasteiger partial charge >= 0.3 is 0 Å². The number of piperidine rings is 1. The Labute approximate surface area is 135 Å². The summed E-state index contributed by atoms with van der Waals surface area (Å²) in [5.74, 6) is 0.385. The van der Waals surface area contributed by atoms with E-state index in [0.717, 1.165) is 30.6 Å². The van der Waals surface area contributed by atoms with Gasteiger partial charge in [0, 0.05) is 37.7 Å². The van der Waals surface area contributed by atoms with E-state index in [1.807, 2.05) is 0 Å². The fourth-order valence-electron chi connectivity index (χ4n) is 2.84. The fraction of sp³-hybridized carbons (Fsp3) is 0.353. The van der Waals surface area contributed by atoms with Crippen molar-refractivity contribution in [3.8, 4) is 0 Å². The molecule has 1 amide bonds. The van der Waals surface area contributed by atoms with Crippen LogP contribution >= 0.6 is 0 Å². The summed E-state index contributed by atoms with van der Waals surface area (Å²) in [6, 6.07) is 10.1. The van der Waals surface area contributed by atoms with E-state index in [0.29, 0.717) is 19.0 Å². The number of anilines is 2. The first kappa shape index (κ1) is 15.3. The van der Waals surface area contributed by atoms with Crippen LogP contribution < -0.4 is 16.0 Å². The van der Waals surface area contributed by atoms with E-state index in [4.69, 9.17) is 5.73 Å². The van der Waals surface area contributed by atoms with Gasteiger partial charge in [0.25, 0.3) is 0 Å². The molecule has 3 rings (SSSR count). The third-order valence-electron chi connectivity index (χ3n) is 4.14. The Balaban J connectivity index is 1.59. The van der Waals surface area contributed by atoms with Gasteiger partial charge < -0.3 is 16.0 Å². The molecule has 0 unspecified atom stereocenters. The van der Waals surface area contributed by atoms with Gasteiger partial charge in [0.05, 0.1) is 5.92 Å². The van der Waals surface area contributed by atoms with Crippen LogP contribution in [0.4, 0.5) is 11.6 Å². The summed E-state index contributed by atoms with van der Waals surface area (Å²) in [6.45, 7) is 2.36. The highest BCUT2D eigenvalue weighted by Gasteiger charge is 2.23. The highest BCUT2D eigenvalue weighted by molar-refractivity contribution is 5.77. The average Bonchev–Trinajstić information content (AvgIpc) is 2.61. The quantitative estimate of drug-likeness (QED) is 0.879. The number of nitrogens with one attached hydrogen (secondary N) is 1. The maximum absolute atomic E-state index is 11.4. The standard InChI is InChI=1S/C17H21N5O/c18-16(23)14-3-1-10-22(12-14)15-6-4-13(5-7-15)11-21-17-19-8-2-9-20-17/h2,4-9,14H,1,3,10-12H2,(H2,18,23)(H,19,20,21)/t14-/m1/s1. The van der Waals surface area contributed by atoms with Gasteiger partial charge in [0.15, 0.2) is 0 Å². The van der Waals surface area contributed by atoms with Crippen molar-refractivity contribution in [1.29, 1.82) is 0 Å². The fourth-order valence-corrected chi connectivity index (χ4v) is 2.84. The molecule has 0 saturated carbocycles. The Morgan fingerprint density at radius 3 is 2.70 bits per heavy atom.